The summed E-state index contributed by atoms with van der Waals surface area (Å²) < 4.78 is 29.9. The minimum atomic E-state index is -2.93. The largest absolute Gasteiger partial charge is 0.481 e. The van der Waals surface area contributed by atoms with Gasteiger partial charge in [-0.1, -0.05) is 0 Å². The van der Waals surface area contributed by atoms with Crippen molar-refractivity contribution in [1.29, 1.82) is 0 Å². The quantitative estimate of drug-likeness (QED) is 0.809. The number of nitrogens with zero attached hydrogens (tertiary/aromatic N) is 3. The minimum Gasteiger partial charge on any atom is -0.481 e. The Labute approximate surface area is 120 Å². The van der Waals surface area contributed by atoms with Crippen LogP contribution in [0.25, 0.3) is 0 Å². The molecule has 1 aromatic heterocycles. The van der Waals surface area contributed by atoms with E-state index in [0.29, 0.717) is 6.54 Å². The van der Waals surface area contributed by atoms with Crippen molar-refractivity contribution >= 4 is 9.84 Å². The predicted molar refractivity (Wildman–Crippen MR) is 77.8 cm³/mol. The molecule has 7 heteroatoms. The van der Waals surface area contributed by atoms with Crippen LogP contribution in [0.3, 0.4) is 0 Å². The van der Waals surface area contributed by atoms with Gasteiger partial charge in [-0.25, -0.2) is 13.1 Å². The number of aromatic nitrogens is 2. The lowest BCUT2D eigenvalue weighted by Gasteiger charge is -2.24. The Balaban J connectivity index is 2.23. The SMILES string of the molecule is COc1c([C@H]2CCCN2CCS(C)(=O)=O)c(C)nn1C. The third-order valence-corrected chi connectivity index (χ3v) is 4.78. The van der Waals surface area contributed by atoms with Crippen molar-refractivity contribution in [2.24, 2.45) is 7.05 Å². The molecule has 20 heavy (non-hydrogen) atoms. The van der Waals surface area contributed by atoms with Crippen molar-refractivity contribution in [2.45, 2.75) is 25.8 Å². The van der Waals surface area contributed by atoms with E-state index in [1.807, 2.05) is 14.0 Å². The van der Waals surface area contributed by atoms with Gasteiger partial charge in [-0.15, -0.1) is 0 Å². The molecular weight excluding hydrogens is 278 g/mol. The number of likely N-dealkylation sites (tertiary alicyclic amines) is 1. The van der Waals surface area contributed by atoms with Crippen LogP contribution in [-0.2, 0) is 16.9 Å². The second kappa shape index (κ2) is 5.73. The van der Waals surface area contributed by atoms with Crippen molar-refractivity contribution in [3.05, 3.63) is 11.3 Å². The maximum Gasteiger partial charge on any atom is 0.216 e. The number of hydrogen-bond donors (Lipinski definition) is 0. The first-order valence-electron chi connectivity index (χ1n) is 6.82. The lowest BCUT2D eigenvalue weighted by Crippen LogP contribution is -2.29. The second-order valence-corrected chi connectivity index (χ2v) is 7.72. The third kappa shape index (κ3) is 3.15. The molecule has 0 saturated carbocycles. The highest BCUT2D eigenvalue weighted by Crippen LogP contribution is 2.38. The molecule has 0 radical (unpaired) electrons. The van der Waals surface area contributed by atoms with Gasteiger partial charge in [0.25, 0.3) is 0 Å². The molecular formula is C13H23N3O3S. The van der Waals surface area contributed by atoms with E-state index < -0.39 is 9.84 Å². The molecule has 2 rings (SSSR count). The highest BCUT2D eigenvalue weighted by atomic mass is 32.2. The Morgan fingerprint density at radius 2 is 2.15 bits per heavy atom. The summed E-state index contributed by atoms with van der Waals surface area (Å²) in [4.78, 5) is 2.23. The normalized spacial score (nSPS) is 20.5. The van der Waals surface area contributed by atoms with Gasteiger partial charge in [0.05, 0.1) is 24.1 Å². The molecule has 0 N–H and O–H groups in total. The molecule has 1 aliphatic heterocycles. The third-order valence-electron chi connectivity index (χ3n) is 3.85. The van der Waals surface area contributed by atoms with Gasteiger partial charge in [-0.2, -0.15) is 5.10 Å². The fraction of sp³-hybridized carbons (Fsp3) is 0.769. The minimum absolute atomic E-state index is 0.200. The number of sulfone groups is 1. The number of ether oxygens (including phenoxy) is 1. The zero-order valence-electron chi connectivity index (χ0n) is 12.6. The molecule has 2 heterocycles. The molecule has 1 aromatic rings. The highest BCUT2D eigenvalue weighted by Gasteiger charge is 2.32. The summed E-state index contributed by atoms with van der Waals surface area (Å²) in [5, 5.41) is 4.42. The van der Waals surface area contributed by atoms with E-state index in [1.54, 1.807) is 11.8 Å². The molecule has 0 aliphatic carbocycles. The molecule has 0 bridgehead atoms. The Morgan fingerprint density at radius 3 is 2.75 bits per heavy atom. The standard InChI is InChI=1S/C13H23N3O3S/c1-10-12(13(19-3)15(2)14-10)11-6-5-7-16(11)8-9-20(4,17)18/h11H,5-9H2,1-4H3/t11-/m1/s1. The Hall–Kier alpha value is -1.08. The molecule has 1 saturated heterocycles. The zero-order chi connectivity index (χ0) is 14.9. The van der Waals surface area contributed by atoms with Gasteiger partial charge in [-0.05, 0) is 26.3 Å². The fourth-order valence-corrected chi connectivity index (χ4v) is 3.55. The second-order valence-electron chi connectivity index (χ2n) is 5.46. The number of methoxy groups -OCH3 is 1. The molecule has 1 aliphatic rings. The lowest BCUT2D eigenvalue weighted by molar-refractivity contribution is 0.263. The van der Waals surface area contributed by atoms with Crippen LogP contribution in [-0.4, -0.2) is 55.3 Å². The van der Waals surface area contributed by atoms with E-state index in [0.717, 1.165) is 36.5 Å². The maximum absolute atomic E-state index is 11.4. The van der Waals surface area contributed by atoms with Gasteiger partial charge >= 0.3 is 0 Å². The Bertz CT molecular complexity index is 580. The molecule has 1 fully saturated rings. The van der Waals surface area contributed by atoms with Crippen molar-refractivity contribution in [3.63, 3.8) is 0 Å². The van der Waals surface area contributed by atoms with Gasteiger partial charge in [0.15, 0.2) is 0 Å². The first-order chi connectivity index (χ1) is 9.33. The van der Waals surface area contributed by atoms with E-state index in [2.05, 4.69) is 10.00 Å². The average Bonchev–Trinajstić information content (AvgIpc) is 2.89. The number of aryl methyl sites for hydroxylation is 2. The van der Waals surface area contributed by atoms with Crippen LogP contribution < -0.4 is 4.74 Å². The Kier molecular flexibility index (Phi) is 4.39. The predicted octanol–water partition coefficient (Wildman–Crippen LogP) is 0.919. The molecule has 6 nitrogen and oxygen atoms in total. The Morgan fingerprint density at radius 1 is 1.45 bits per heavy atom. The maximum atomic E-state index is 11.4. The van der Waals surface area contributed by atoms with Crippen molar-refractivity contribution < 1.29 is 13.2 Å². The first-order valence-corrected chi connectivity index (χ1v) is 8.89. The number of hydrogen-bond acceptors (Lipinski definition) is 5. The average molecular weight is 301 g/mol. The molecule has 0 aromatic carbocycles. The topological polar surface area (TPSA) is 64.4 Å². The van der Waals surface area contributed by atoms with E-state index in [9.17, 15) is 8.42 Å². The van der Waals surface area contributed by atoms with Gasteiger partial charge in [0.2, 0.25) is 5.88 Å². The van der Waals surface area contributed by atoms with Gasteiger partial charge in [0, 0.05) is 25.9 Å². The summed E-state index contributed by atoms with van der Waals surface area (Å²) in [5.74, 6) is 0.976. The lowest BCUT2D eigenvalue weighted by atomic mass is 10.1. The van der Waals surface area contributed by atoms with E-state index in [-0.39, 0.29) is 11.8 Å². The van der Waals surface area contributed by atoms with E-state index in [1.165, 1.54) is 6.26 Å². The van der Waals surface area contributed by atoms with Crippen LogP contribution in [0, 0.1) is 6.92 Å². The molecule has 1 atom stereocenters. The van der Waals surface area contributed by atoms with E-state index in [4.69, 9.17) is 4.74 Å². The van der Waals surface area contributed by atoms with Crippen molar-refractivity contribution in [2.75, 3.05) is 32.2 Å². The number of rotatable bonds is 5. The highest BCUT2D eigenvalue weighted by molar-refractivity contribution is 7.90. The molecule has 114 valence electrons. The van der Waals surface area contributed by atoms with Gasteiger partial charge < -0.3 is 4.74 Å². The summed E-state index contributed by atoms with van der Waals surface area (Å²) in [7, 11) is 0.583. The van der Waals surface area contributed by atoms with Crippen molar-refractivity contribution in [3.8, 4) is 5.88 Å². The molecule has 0 amide bonds. The first kappa shape index (κ1) is 15.3. The summed E-state index contributed by atoms with van der Waals surface area (Å²) in [6.45, 7) is 3.48. The smallest absolute Gasteiger partial charge is 0.216 e. The monoisotopic (exact) mass is 301 g/mol. The van der Waals surface area contributed by atoms with Crippen LogP contribution in [0.4, 0.5) is 0 Å². The fourth-order valence-electron chi connectivity index (χ4n) is 2.98. The summed E-state index contributed by atoms with van der Waals surface area (Å²) in [5.41, 5.74) is 2.06. The summed E-state index contributed by atoms with van der Waals surface area (Å²) in [6.07, 6.45) is 3.38. The van der Waals surface area contributed by atoms with Crippen LogP contribution in [0.15, 0.2) is 0 Å². The van der Waals surface area contributed by atoms with Crippen LogP contribution in [0.2, 0.25) is 0 Å². The summed E-state index contributed by atoms with van der Waals surface area (Å²) >= 11 is 0. The van der Waals surface area contributed by atoms with Crippen LogP contribution in [0.1, 0.15) is 30.1 Å². The molecule has 0 unspecified atom stereocenters. The summed E-state index contributed by atoms with van der Waals surface area (Å²) in [6, 6.07) is 0.209. The van der Waals surface area contributed by atoms with Gasteiger partial charge in [0.1, 0.15) is 9.84 Å². The van der Waals surface area contributed by atoms with E-state index >= 15 is 0 Å². The van der Waals surface area contributed by atoms with Gasteiger partial charge in [-0.3, -0.25) is 4.90 Å². The van der Waals surface area contributed by atoms with Crippen LogP contribution in [0.5, 0.6) is 5.88 Å². The van der Waals surface area contributed by atoms with Crippen molar-refractivity contribution in [1.82, 2.24) is 14.7 Å². The molecule has 0 spiro atoms. The van der Waals surface area contributed by atoms with Crippen LogP contribution >= 0.6 is 0 Å². The zero-order valence-corrected chi connectivity index (χ0v) is 13.4.